The summed E-state index contributed by atoms with van der Waals surface area (Å²) in [5, 5.41) is 6.29. The maximum absolute atomic E-state index is 12.4. The lowest BCUT2D eigenvalue weighted by molar-refractivity contribution is -0.116. The molecule has 5 nitrogen and oxygen atoms in total. The van der Waals surface area contributed by atoms with Crippen LogP contribution in [0.2, 0.25) is 0 Å². The Morgan fingerprint density at radius 1 is 1.15 bits per heavy atom. The minimum Gasteiger partial charge on any atom is -0.495 e. The summed E-state index contributed by atoms with van der Waals surface area (Å²) in [4.78, 5) is 13.1. The van der Waals surface area contributed by atoms with Crippen LogP contribution in [0, 0.1) is 14.1 Å². The van der Waals surface area contributed by atoms with Crippen molar-refractivity contribution in [2.24, 2.45) is 0 Å². The average Bonchev–Trinajstić information content (AvgIpc) is 2.94. The quantitative estimate of drug-likeness (QED) is 0.377. The molecule has 1 amide bonds. The van der Waals surface area contributed by atoms with Crippen molar-refractivity contribution in [1.29, 1.82) is 0 Å². The molecule has 1 saturated heterocycles. The van der Waals surface area contributed by atoms with Crippen LogP contribution in [0.5, 0.6) is 11.5 Å². The SMILES string of the molecule is COc1ccc(C)cc1NC1NC(=O)/C(=C/c2cc(I)c(OC)c(I)c2)S1. The molecule has 1 heterocycles. The van der Waals surface area contributed by atoms with Gasteiger partial charge in [-0.2, -0.15) is 0 Å². The maximum Gasteiger partial charge on any atom is 0.260 e. The van der Waals surface area contributed by atoms with E-state index in [0.29, 0.717) is 4.91 Å². The number of methoxy groups -OCH3 is 2. The second-order valence-electron chi connectivity index (χ2n) is 5.85. The van der Waals surface area contributed by atoms with Crippen LogP contribution >= 0.6 is 56.9 Å². The summed E-state index contributed by atoms with van der Waals surface area (Å²) in [7, 11) is 3.29. The Bertz CT molecular complexity index is 895. The Morgan fingerprint density at radius 2 is 1.85 bits per heavy atom. The summed E-state index contributed by atoms with van der Waals surface area (Å²) < 4.78 is 12.8. The molecule has 0 spiro atoms. The first-order valence-corrected chi connectivity index (χ1v) is 11.1. The van der Waals surface area contributed by atoms with Gasteiger partial charge in [-0.25, -0.2) is 0 Å². The first-order valence-electron chi connectivity index (χ1n) is 8.04. The second kappa shape index (κ2) is 8.91. The third-order valence-corrected chi connectivity index (χ3v) is 6.53. The first-order chi connectivity index (χ1) is 12.9. The lowest BCUT2D eigenvalue weighted by atomic mass is 10.2. The molecule has 1 fully saturated rings. The topological polar surface area (TPSA) is 59.6 Å². The molecule has 0 aromatic heterocycles. The molecule has 0 aliphatic carbocycles. The van der Waals surface area contributed by atoms with Crippen molar-refractivity contribution in [2.75, 3.05) is 19.5 Å². The normalized spacial score (nSPS) is 17.7. The third kappa shape index (κ3) is 4.83. The number of rotatable bonds is 5. The molecule has 1 atom stereocenters. The fourth-order valence-electron chi connectivity index (χ4n) is 2.65. The summed E-state index contributed by atoms with van der Waals surface area (Å²) in [6, 6.07) is 9.92. The zero-order chi connectivity index (χ0) is 19.6. The number of hydrogen-bond donors (Lipinski definition) is 2. The van der Waals surface area contributed by atoms with Crippen LogP contribution in [0.3, 0.4) is 0 Å². The lowest BCUT2D eigenvalue weighted by Gasteiger charge is -2.16. The highest BCUT2D eigenvalue weighted by Gasteiger charge is 2.28. The van der Waals surface area contributed by atoms with Crippen molar-refractivity contribution in [3.05, 3.63) is 53.5 Å². The highest BCUT2D eigenvalue weighted by Crippen LogP contribution is 2.35. The fraction of sp³-hybridized carbons (Fsp3) is 0.211. The maximum atomic E-state index is 12.4. The van der Waals surface area contributed by atoms with E-state index in [1.807, 2.05) is 43.3 Å². The van der Waals surface area contributed by atoms with E-state index in [1.165, 1.54) is 11.8 Å². The number of thioether (sulfide) groups is 1. The summed E-state index contributed by atoms with van der Waals surface area (Å²) in [6.07, 6.45) is 1.90. The molecule has 27 heavy (non-hydrogen) atoms. The summed E-state index contributed by atoms with van der Waals surface area (Å²) in [6.45, 7) is 2.02. The zero-order valence-corrected chi connectivity index (χ0v) is 20.1. The van der Waals surface area contributed by atoms with E-state index in [4.69, 9.17) is 9.47 Å². The van der Waals surface area contributed by atoms with Gasteiger partial charge in [-0.1, -0.05) is 17.8 Å². The number of halogens is 2. The predicted molar refractivity (Wildman–Crippen MR) is 127 cm³/mol. The van der Waals surface area contributed by atoms with Gasteiger partial charge in [-0.15, -0.1) is 0 Å². The minimum atomic E-state index is -0.254. The number of nitrogens with one attached hydrogen (secondary N) is 2. The van der Waals surface area contributed by atoms with Gasteiger partial charge in [0.2, 0.25) is 0 Å². The van der Waals surface area contributed by atoms with Gasteiger partial charge in [-0.3, -0.25) is 4.79 Å². The Labute approximate surface area is 189 Å². The third-order valence-electron chi connectivity index (χ3n) is 3.89. The van der Waals surface area contributed by atoms with Gasteiger partial charge in [0.25, 0.3) is 5.91 Å². The molecule has 2 aromatic carbocycles. The summed E-state index contributed by atoms with van der Waals surface area (Å²) in [5.74, 6) is 1.50. The van der Waals surface area contributed by atoms with Gasteiger partial charge in [0.1, 0.15) is 11.5 Å². The standard InChI is InChI=1S/C19H18I2N2O3S/c1-10-4-5-15(25-2)14(6-10)22-19-23-18(24)16(27-19)9-11-7-12(20)17(26-3)13(21)8-11/h4-9,19,22H,1-3H3,(H,23,24)/b16-9-. The number of anilines is 1. The molecular weight excluding hydrogens is 590 g/mol. The Kier molecular flexibility index (Phi) is 6.79. The molecule has 0 bridgehead atoms. The largest absolute Gasteiger partial charge is 0.495 e. The van der Waals surface area contributed by atoms with Crippen molar-refractivity contribution in [3.8, 4) is 11.5 Å². The molecule has 1 unspecified atom stereocenters. The number of benzene rings is 2. The van der Waals surface area contributed by atoms with Crippen LogP contribution in [0.25, 0.3) is 6.08 Å². The number of amides is 1. The predicted octanol–water partition coefficient (Wildman–Crippen LogP) is 4.82. The Balaban J connectivity index is 1.80. The van der Waals surface area contributed by atoms with Gasteiger partial charge in [0, 0.05) is 0 Å². The molecule has 3 rings (SSSR count). The highest BCUT2D eigenvalue weighted by atomic mass is 127. The van der Waals surface area contributed by atoms with Crippen LogP contribution in [-0.4, -0.2) is 25.6 Å². The Morgan fingerprint density at radius 3 is 2.48 bits per heavy atom. The van der Waals surface area contributed by atoms with Crippen LogP contribution in [0.15, 0.2) is 35.2 Å². The van der Waals surface area contributed by atoms with E-state index in [0.717, 1.165) is 35.5 Å². The lowest BCUT2D eigenvalue weighted by Crippen LogP contribution is -2.31. The van der Waals surface area contributed by atoms with Gasteiger partial charge in [0.15, 0.2) is 5.50 Å². The van der Waals surface area contributed by atoms with E-state index in [2.05, 4.69) is 55.8 Å². The average molecular weight is 608 g/mol. The molecule has 1 aliphatic heterocycles. The molecule has 1 aliphatic rings. The van der Waals surface area contributed by atoms with Gasteiger partial charge in [0.05, 0.1) is 32.0 Å². The zero-order valence-electron chi connectivity index (χ0n) is 14.9. The number of carbonyl (C=O) groups excluding carboxylic acids is 1. The first kappa shape index (κ1) is 20.6. The van der Waals surface area contributed by atoms with Crippen LogP contribution in [0.1, 0.15) is 11.1 Å². The second-order valence-corrected chi connectivity index (χ2v) is 9.32. The number of ether oxygens (including phenoxy) is 2. The van der Waals surface area contributed by atoms with Crippen molar-refractivity contribution in [3.63, 3.8) is 0 Å². The van der Waals surface area contributed by atoms with Crippen LogP contribution in [-0.2, 0) is 4.79 Å². The van der Waals surface area contributed by atoms with Crippen molar-refractivity contribution in [2.45, 2.75) is 12.4 Å². The number of carbonyl (C=O) groups is 1. The smallest absolute Gasteiger partial charge is 0.260 e. The Hall–Kier alpha value is -1.14. The summed E-state index contributed by atoms with van der Waals surface area (Å²) >= 11 is 5.93. The fourth-order valence-corrected chi connectivity index (χ4v) is 5.88. The number of aryl methyl sites for hydroxylation is 1. The molecule has 142 valence electrons. The van der Waals surface area contributed by atoms with E-state index in [1.54, 1.807) is 14.2 Å². The van der Waals surface area contributed by atoms with E-state index in [9.17, 15) is 4.79 Å². The van der Waals surface area contributed by atoms with Gasteiger partial charge in [-0.05, 0) is 93.6 Å². The molecule has 2 aromatic rings. The highest BCUT2D eigenvalue weighted by molar-refractivity contribution is 14.1. The van der Waals surface area contributed by atoms with E-state index >= 15 is 0 Å². The summed E-state index contributed by atoms with van der Waals surface area (Å²) in [5.41, 5.74) is 2.68. The van der Waals surface area contributed by atoms with Crippen molar-refractivity contribution < 1.29 is 14.3 Å². The molecule has 0 radical (unpaired) electrons. The van der Waals surface area contributed by atoms with Crippen molar-refractivity contribution in [1.82, 2.24) is 5.32 Å². The number of hydrogen-bond acceptors (Lipinski definition) is 5. The van der Waals surface area contributed by atoms with Gasteiger partial charge >= 0.3 is 0 Å². The van der Waals surface area contributed by atoms with Gasteiger partial charge < -0.3 is 20.1 Å². The van der Waals surface area contributed by atoms with Crippen LogP contribution < -0.4 is 20.1 Å². The van der Waals surface area contributed by atoms with E-state index in [-0.39, 0.29) is 11.4 Å². The molecule has 8 heteroatoms. The minimum absolute atomic E-state index is 0.0926. The molecule has 2 N–H and O–H groups in total. The van der Waals surface area contributed by atoms with E-state index < -0.39 is 0 Å². The van der Waals surface area contributed by atoms with Crippen molar-refractivity contribution >= 4 is 74.6 Å². The monoisotopic (exact) mass is 608 g/mol. The molecule has 0 saturated carbocycles. The molecular formula is C19H18I2N2O3S. The van der Waals surface area contributed by atoms with Crippen LogP contribution in [0.4, 0.5) is 5.69 Å².